The highest BCUT2D eigenvalue weighted by Crippen LogP contribution is 2.19. The molecule has 0 saturated heterocycles. The van der Waals surface area contributed by atoms with Crippen molar-refractivity contribution in [2.24, 2.45) is 4.99 Å². The number of nitrogens with zero attached hydrogens (tertiary/aromatic N) is 2. The van der Waals surface area contributed by atoms with Crippen molar-refractivity contribution in [3.8, 4) is 0 Å². The van der Waals surface area contributed by atoms with Gasteiger partial charge in [-0.25, -0.2) is 13.2 Å². The van der Waals surface area contributed by atoms with E-state index >= 15 is 0 Å². The predicted octanol–water partition coefficient (Wildman–Crippen LogP) is 3.40. The number of likely N-dealkylation sites (N-methyl/N-ethyl adjacent to an activating group) is 1. The summed E-state index contributed by atoms with van der Waals surface area (Å²) < 4.78 is 27.9. The molecule has 0 saturated carbocycles. The quantitative estimate of drug-likeness (QED) is 0.354. The van der Waals surface area contributed by atoms with Crippen molar-refractivity contribution in [3.63, 3.8) is 0 Å². The van der Waals surface area contributed by atoms with E-state index in [1.165, 1.54) is 35.4 Å². The second kappa shape index (κ2) is 12.4. The van der Waals surface area contributed by atoms with E-state index in [9.17, 15) is 18.0 Å². The summed E-state index contributed by atoms with van der Waals surface area (Å²) in [5, 5.41) is 5.36. The van der Waals surface area contributed by atoms with Crippen LogP contribution in [-0.2, 0) is 21.2 Å². The largest absolute Gasteiger partial charge is 0.349 e. The fourth-order valence-corrected chi connectivity index (χ4v) is 3.74. The zero-order chi connectivity index (χ0) is 25.1. The molecule has 0 bridgehead atoms. The number of urea groups is 1. The lowest BCUT2D eigenvalue weighted by Gasteiger charge is -2.12. The number of amides is 3. The number of hydrogen-bond donors (Lipinski definition) is 3. The summed E-state index contributed by atoms with van der Waals surface area (Å²) in [6.45, 7) is 5.54. The lowest BCUT2D eigenvalue weighted by molar-refractivity contribution is -0.127. The van der Waals surface area contributed by atoms with Gasteiger partial charge in [0.25, 0.3) is 10.0 Å². The Kier molecular flexibility index (Phi) is 9.57. The molecule has 10 heteroatoms. The zero-order valence-electron chi connectivity index (χ0n) is 19.4. The first-order chi connectivity index (χ1) is 16.1. The second-order valence-electron chi connectivity index (χ2n) is 7.64. The Morgan fingerprint density at radius 2 is 1.65 bits per heavy atom. The molecule has 0 heterocycles. The molecule has 0 aliphatic heterocycles. The average molecular weight is 484 g/mol. The molecule has 2 aromatic carbocycles. The van der Waals surface area contributed by atoms with E-state index in [1.807, 2.05) is 6.92 Å². The third-order valence-corrected chi connectivity index (χ3v) is 5.98. The number of sulfonamides is 1. The number of anilines is 2. The molecular weight excluding hydrogens is 454 g/mol. The van der Waals surface area contributed by atoms with Crippen LogP contribution in [0.3, 0.4) is 0 Å². The highest BCUT2D eigenvalue weighted by Gasteiger charge is 2.15. The van der Waals surface area contributed by atoms with E-state index in [0.717, 1.165) is 11.1 Å². The molecule has 2 rings (SSSR count). The standard InChI is InChI=1S/C24H29N5O4S/c1-18(6-5-15-25-2)17-26-24(31)27-20-11-13-22(14-12-20)34(32,33)28-21-9-7-19(8-10-21)16-23(30)29(3)4/h5-15,28H,2,16-17H2,1,3-4H3,(H2,26,27,31)/b15-5-,18-6+. The maximum Gasteiger partial charge on any atom is 0.319 e. The molecule has 0 atom stereocenters. The first-order valence-electron chi connectivity index (χ1n) is 10.4. The van der Waals surface area contributed by atoms with Crippen LogP contribution in [0, 0.1) is 0 Å². The van der Waals surface area contributed by atoms with Crippen LogP contribution < -0.4 is 15.4 Å². The molecule has 0 aliphatic carbocycles. The summed E-state index contributed by atoms with van der Waals surface area (Å²) in [6.07, 6.45) is 5.30. The molecular formula is C24H29N5O4S. The predicted molar refractivity (Wildman–Crippen MR) is 136 cm³/mol. The van der Waals surface area contributed by atoms with Gasteiger partial charge in [0.15, 0.2) is 0 Å². The number of carbonyl (C=O) groups is 2. The molecule has 0 radical (unpaired) electrons. The minimum absolute atomic E-state index is 0.0412. The van der Waals surface area contributed by atoms with Crippen LogP contribution in [0.25, 0.3) is 0 Å². The number of benzene rings is 2. The van der Waals surface area contributed by atoms with Crippen LogP contribution >= 0.6 is 0 Å². The number of hydrogen-bond acceptors (Lipinski definition) is 5. The zero-order valence-corrected chi connectivity index (χ0v) is 20.2. The summed E-state index contributed by atoms with van der Waals surface area (Å²) in [7, 11) is -0.461. The molecule has 2 aromatic rings. The van der Waals surface area contributed by atoms with Gasteiger partial charge >= 0.3 is 6.03 Å². The van der Waals surface area contributed by atoms with E-state index in [4.69, 9.17) is 0 Å². The average Bonchev–Trinajstić information content (AvgIpc) is 2.79. The minimum Gasteiger partial charge on any atom is -0.349 e. The van der Waals surface area contributed by atoms with E-state index < -0.39 is 16.1 Å². The smallest absolute Gasteiger partial charge is 0.319 e. The number of carbonyl (C=O) groups excluding carboxylic acids is 2. The Balaban J connectivity index is 1.94. The third kappa shape index (κ3) is 8.55. The van der Waals surface area contributed by atoms with E-state index in [-0.39, 0.29) is 17.2 Å². The first-order valence-corrected chi connectivity index (χ1v) is 11.8. The van der Waals surface area contributed by atoms with Crippen LogP contribution in [0.15, 0.2) is 82.3 Å². The summed E-state index contributed by atoms with van der Waals surface area (Å²) in [4.78, 5) is 29.0. The van der Waals surface area contributed by atoms with E-state index in [0.29, 0.717) is 17.9 Å². The summed E-state index contributed by atoms with van der Waals surface area (Å²) in [5.41, 5.74) is 2.53. The topological polar surface area (TPSA) is 120 Å². The molecule has 9 nitrogen and oxygen atoms in total. The number of rotatable bonds is 10. The second-order valence-corrected chi connectivity index (χ2v) is 9.32. The fraction of sp³-hybridized carbons (Fsp3) is 0.208. The highest BCUT2D eigenvalue weighted by atomic mass is 32.2. The maximum absolute atomic E-state index is 12.7. The van der Waals surface area contributed by atoms with Gasteiger partial charge < -0.3 is 15.5 Å². The minimum atomic E-state index is -3.82. The molecule has 0 unspecified atom stereocenters. The van der Waals surface area contributed by atoms with Gasteiger partial charge in [0.2, 0.25) is 5.91 Å². The van der Waals surface area contributed by atoms with E-state index in [2.05, 4.69) is 27.1 Å². The van der Waals surface area contributed by atoms with Crippen molar-refractivity contribution in [1.82, 2.24) is 10.2 Å². The monoisotopic (exact) mass is 483 g/mol. The van der Waals surface area contributed by atoms with Gasteiger partial charge in [0.1, 0.15) is 0 Å². The van der Waals surface area contributed by atoms with Gasteiger partial charge in [-0.15, -0.1) is 0 Å². The Hall–Kier alpha value is -3.92. The number of aliphatic imine (C=N–C) groups is 1. The fourth-order valence-electron chi connectivity index (χ4n) is 2.68. The van der Waals surface area contributed by atoms with Crippen molar-refractivity contribution in [1.29, 1.82) is 0 Å². The van der Waals surface area contributed by atoms with Crippen LogP contribution in [0.1, 0.15) is 12.5 Å². The molecule has 34 heavy (non-hydrogen) atoms. The van der Waals surface area contributed by atoms with Gasteiger partial charge in [-0.1, -0.05) is 23.8 Å². The molecule has 3 N–H and O–H groups in total. The molecule has 0 fully saturated rings. The number of allylic oxidation sites excluding steroid dienone is 2. The third-order valence-electron chi connectivity index (χ3n) is 4.58. The van der Waals surface area contributed by atoms with Crippen LogP contribution in [0.5, 0.6) is 0 Å². The Labute approximate surface area is 200 Å². The van der Waals surface area contributed by atoms with Gasteiger partial charge in [0, 0.05) is 38.2 Å². The Morgan fingerprint density at radius 1 is 1.03 bits per heavy atom. The van der Waals surface area contributed by atoms with Crippen LogP contribution in [0.4, 0.5) is 16.2 Å². The molecule has 3 amide bonds. The summed E-state index contributed by atoms with van der Waals surface area (Å²) >= 11 is 0. The maximum atomic E-state index is 12.7. The lowest BCUT2D eigenvalue weighted by Crippen LogP contribution is -2.30. The molecule has 0 spiro atoms. The van der Waals surface area contributed by atoms with Crippen LogP contribution in [0.2, 0.25) is 0 Å². The molecule has 0 aliphatic rings. The molecule has 0 aromatic heterocycles. The van der Waals surface area contributed by atoms with Gasteiger partial charge in [-0.3, -0.25) is 14.5 Å². The van der Waals surface area contributed by atoms with Gasteiger partial charge in [0.05, 0.1) is 11.3 Å². The van der Waals surface area contributed by atoms with Crippen LogP contribution in [-0.4, -0.2) is 52.6 Å². The van der Waals surface area contributed by atoms with E-state index in [1.54, 1.807) is 50.5 Å². The van der Waals surface area contributed by atoms with Crippen molar-refractivity contribution in [2.75, 3.05) is 30.7 Å². The Morgan fingerprint density at radius 3 is 2.24 bits per heavy atom. The van der Waals surface area contributed by atoms with Gasteiger partial charge in [-0.2, -0.15) is 0 Å². The van der Waals surface area contributed by atoms with Crippen molar-refractivity contribution < 1.29 is 18.0 Å². The van der Waals surface area contributed by atoms with Crippen molar-refractivity contribution in [3.05, 3.63) is 78.0 Å². The Bertz CT molecular complexity index is 1170. The van der Waals surface area contributed by atoms with Gasteiger partial charge in [-0.05, 0) is 61.7 Å². The van der Waals surface area contributed by atoms with Crippen molar-refractivity contribution >= 4 is 40.1 Å². The normalized spacial score (nSPS) is 11.7. The summed E-state index contributed by atoms with van der Waals surface area (Å²) in [6, 6.07) is 12.0. The molecule has 180 valence electrons. The summed E-state index contributed by atoms with van der Waals surface area (Å²) in [5.74, 6) is -0.0412. The van der Waals surface area contributed by atoms with Crippen molar-refractivity contribution in [2.45, 2.75) is 18.2 Å². The first kappa shape index (κ1) is 26.3. The lowest BCUT2D eigenvalue weighted by atomic mass is 10.1. The SMILES string of the molecule is C=N/C=C\C=C(/C)CNC(=O)Nc1ccc(S(=O)(=O)Nc2ccc(CC(=O)N(C)C)cc2)cc1. The number of nitrogens with one attached hydrogen (secondary N) is 3. The highest BCUT2D eigenvalue weighted by molar-refractivity contribution is 7.92.